The summed E-state index contributed by atoms with van der Waals surface area (Å²) in [7, 11) is 0. The predicted octanol–water partition coefficient (Wildman–Crippen LogP) is -0.524. The van der Waals surface area contributed by atoms with Crippen molar-refractivity contribution >= 4 is 17.8 Å². The summed E-state index contributed by atoms with van der Waals surface area (Å²) in [6.07, 6.45) is 0.201. The van der Waals surface area contributed by atoms with Crippen LogP contribution in [0.1, 0.15) is 13.3 Å². The van der Waals surface area contributed by atoms with Crippen molar-refractivity contribution in [1.29, 1.82) is 0 Å². The summed E-state index contributed by atoms with van der Waals surface area (Å²) in [5.74, 6) is -4.13. The van der Waals surface area contributed by atoms with E-state index >= 15 is 0 Å². The Hall–Kier alpha value is -1.63. The van der Waals surface area contributed by atoms with E-state index in [2.05, 4.69) is 5.32 Å². The SMILES string of the molecule is CC1CNCC1C(=O)N1CCC(C(=O)O)C(C(=O)O)C1. The minimum Gasteiger partial charge on any atom is -0.481 e. The van der Waals surface area contributed by atoms with Gasteiger partial charge < -0.3 is 20.4 Å². The van der Waals surface area contributed by atoms with Gasteiger partial charge >= 0.3 is 11.9 Å². The first-order chi connectivity index (χ1) is 9.41. The van der Waals surface area contributed by atoms with Crippen molar-refractivity contribution in [1.82, 2.24) is 10.2 Å². The first-order valence-corrected chi connectivity index (χ1v) is 6.87. The molecule has 2 aliphatic heterocycles. The Kier molecular flexibility index (Phi) is 4.27. The molecule has 7 nitrogen and oxygen atoms in total. The molecule has 0 radical (unpaired) electrons. The molecular formula is C13H20N2O5. The van der Waals surface area contributed by atoms with Gasteiger partial charge in [-0.2, -0.15) is 0 Å². The number of rotatable bonds is 3. The van der Waals surface area contributed by atoms with E-state index < -0.39 is 23.8 Å². The highest BCUT2D eigenvalue weighted by Gasteiger charge is 2.42. The fourth-order valence-corrected chi connectivity index (χ4v) is 3.07. The molecular weight excluding hydrogens is 264 g/mol. The van der Waals surface area contributed by atoms with Gasteiger partial charge in [-0.3, -0.25) is 14.4 Å². The maximum Gasteiger partial charge on any atom is 0.309 e. The Morgan fingerprint density at radius 3 is 2.20 bits per heavy atom. The molecule has 2 fully saturated rings. The molecule has 20 heavy (non-hydrogen) atoms. The molecule has 1 amide bonds. The van der Waals surface area contributed by atoms with Crippen molar-refractivity contribution in [2.24, 2.45) is 23.7 Å². The molecule has 4 atom stereocenters. The Bertz CT molecular complexity index is 425. The third-order valence-corrected chi connectivity index (χ3v) is 4.39. The molecule has 2 rings (SSSR count). The summed E-state index contributed by atoms with van der Waals surface area (Å²) in [6, 6.07) is 0. The molecule has 0 saturated carbocycles. The molecule has 0 spiro atoms. The van der Waals surface area contributed by atoms with Crippen LogP contribution in [0.5, 0.6) is 0 Å². The zero-order chi connectivity index (χ0) is 14.9. The van der Waals surface area contributed by atoms with Crippen molar-refractivity contribution < 1.29 is 24.6 Å². The lowest BCUT2D eigenvalue weighted by molar-refractivity contribution is -0.159. The van der Waals surface area contributed by atoms with Crippen LogP contribution in [0.4, 0.5) is 0 Å². The number of aliphatic carboxylic acids is 2. The third kappa shape index (κ3) is 2.77. The van der Waals surface area contributed by atoms with Crippen LogP contribution in [-0.2, 0) is 14.4 Å². The van der Waals surface area contributed by atoms with Gasteiger partial charge in [0.25, 0.3) is 0 Å². The number of hydrogen-bond donors (Lipinski definition) is 3. The Labute approximate surface area is 116 Å². The van der Waals surface area contributed by atoms with E-state index in [1.807, 2.05) is 6.92 Å². The van der Waals surface area contributed by atoms with Gasteiger partial charge in [0, 0.05) is 19.6 Å². The van der Waals surface area contributed by atoms with Gasteiger partial charge in [-0.15, -0.1) is 0 Å². The molecule has 0 aromatic heterocycles. The lowest BCUT2D eigenvalue weighted by atomic mass is 9.84. The molecule has 0 aromatic rings. The van der Waals surface area contributed by atoms with Crippen LogP contribution >= 0.6 is 0 Å². The normalized spacial score (nSPS) is 34.0. The highest BCUT2D eigenvalue weighted by Crippen LogP contribution is 2.27. The van der Waals surface area contributed by atoms with Crippen LogP contribution < -0.4 is 5.32 Å². The standard InChI is InChI=1S/C13H20N2O5/c1-7-4-14-5-9(7)11(16)15-3-2-8(12(17)18)10(6-15)13(19)20/h7-10,14H,2-6H2,1H3,(H,17,18)(H,19,20). The van der Waals surface area contributed by atoms with Gasteiger partial charge in [-0.1, -0.05) is 6.92 Å². The van der Waals surface area contributed by atoms with E-state index in [4.69, 9.17) is 10.2 Å². The van der Waals surface area contributed by atoms with Crippen LogP contribution in [0.15, 0.2) is 0 Å². The molecule has 0 aromatic carbocycles. The molecule has 0 aliphatic carbocycles. The first-order valence-electron chi connectivity index (χ1n) is 6.87. The second-order valence-electron chi connectivity index (χ2n) is 5.70. The number of carbonyl (C=O) groups excluding carboxylic acids is 1. The zero-order valence-corrected chi connectivity index (χ0v) is 11.4. The van der Waals surface area contributed by atoms with Crippen LogP contribution in [0.2, 0.25) is 0 Å². The first kappa shape index (κ1) is 14.8. The highest BCUT2D eigenvalue weighted by molar-refractivity contribution is 5.84. The number of nitrogens with zero attached hydrogens (tertiary/aromatic N) is 1. The highest BCUT2D eigenvalue weighted by atomic mass is 16.4. The second-order valence-corrected chi connectivity index (χ2v) is 5.70. The van der Waals surface area contributed by atoms with E-state index in [1.165, 1.54) is 4.90 Å². The maximum atomic E-state index is 12.4. The second kappa shape index (κ2) is 5.78. The quantitative estimate of drug-likeness (QED) is 0.643. The zero-order valence-electron chi connectivity index (χ0n) is 11.4. The van der Waals surface area contributed by atoms with Gasteiger partial charge in [-0.05, 0) is 18.9 Å². The van der Waals surface area contributed by atoms with Gasteiger partial charge in [0.05, 0.1) is 17.8 Å². The number of piperidine rings is 1. The number of carboxylic acids is 2. The maximum absolute atomic E-state index is 12.4. The van der Waals surface area contributed by atoms with Crippen molar-refractivity contribution in [3.8, 4) is 0 Å². The van der Waals surface area contributed by atoms with E-state index in [9.17, 15) is 14.4 Å². The van der Waals surface area contributed by atoms with E-state index in [0.29, 0.717) is 13.1 Å². The number of amides is 1. The predicted molar refractivity (Wildman–Crippen MR) is 69.0 cm³/mol. The van der Waals surface area contributed by atoms with E-state index in [-0.39, 0.29) is 30.7 Å². The molecule has 3 N–H and O–H groups in total. The van der Waals surface area contributed by atoms with Crippen molar-refractivity contribution in [2.45, 2.75) is 13.3 Å². The summed E-state index contributed by atoms with van der Waals surface area (Å²) in [4.78, 5) is 36.2. The Morgan fingerprint density at radius 2 is 1.70 bits per heavy atom. The lowest BCUT2D eigenvalue weighted by Crippen LogP contribution is -2.51. The molecule has 4 unspecified atom stereocenters. The molecule has 0 bridgehead atoms. The number of carbonyl (C=O) groups is 3. The topological polar surface area (TPSA) is 107 Å². The lowest BCUT2D eigenvalue weighted by Gasteiger charge is -2.36. The van der Waals surface area contributed by atoms with Gasteiger partial charge in [0.2, 0.25) is 5.91 Å². The molecule has 2 aliphatic rings. The number of hydrogen-bond acceptors (Lipinski definition) is 4. The Balaban J connectivity index is 2.06. The Morgan fingerprint density at radius 1 is 1.05 bits per heavy atom. The van der Waals surface area contributed by atoms with Crippen LogP contribution in [0.25, 0.3) is 0 Å². The largest absolute Gasteiger partial charge is 0.481 e. The minimum absolute atomic E-state index is 0.00560. The van der Waals surface area contributed by atoms with Crippen LogP contribution in [0.3, 0.4) is 0 Å². The van der Waals surface area contributed by atoms with Crippen LogP contribution in [0, 0.1) is 23.7 Å². The molecule has 7 heteroatoms. The van der Waals surface area contributed by atoms with Crippen molar-refractivity contribution in [2.75, 3.05) is 26.2 Å². The third-order valence-electron chi connectivity index (χ3n) is 4.39. The molecule has 112 valence electrons. The average molecular weight is 284 g/mol. The van der Waals surface area contributed by atoms with Crippen LogP contribution in [-0.4, -0.2) is 59.1 Å². The van der Waals surface area contributed by atoms with Crippen molar-refractivity contribution in [3.63, 3.8) is 0 Å². The van der Waals surface area contributed by atoms with E-state index in [0.717, 1.165) is 6.54 Å². The van der Waals surface area contributed by atoms with Gasteiger partial charge in [0.1, 0.15) is 0 Å². The van der Waals surface area contributed by atoms with Crippen molar-refractivity contribution in [3.05, 3.63) is 0 Å². The average Bonchev–Trinajstić information content (AvgIpc) is 2.83. The van der Waals surface area contributed by atoms with Gasteiger partial charge in [0.15, 0.2) is 0 Å². The summed E-state index contributed by atoms with van der Waals surface area (Å²) >= 11 is 0. The monoisotopic (exact) mass is 284 g/mol. The summed E-state index contributed by atoms with van der Waals surface area (Å²) in [5, 5.41) is 21.4. The minimum atomic E-state index is -1.15. The smallest absolute Gasteiger partial charge is 0.309 e. The van der Waals surface area contributed by atoms with Gasteiger partial charge in [-0.25, -0.2) is 0 Å². The number of carboxylic acid groups (broad SMARTS) is 2. The molecule has 2 saturated heterocycles. The summed E-state index contributed by atoms with van der Waals surface area (Å²) in [5.41, 5.74) is 0. The summed E-state index contributed by atoms with van der Waals surface area (Å²) in [6.45, 7) is 3.69. The summed E-state index contributed by atoms with van der Waals surface area (Å²) < 4.78 is 0. The number of nitrogens with one attached hydrogen (secondary N) is 1. The fraction of sp³-hybridized carbons (Fsp3) is 0.769. The molecule has 2 heterocycles. The fourth-order valence-electron chi connectivity index (χ4n) is 3.07. The number of likely N-dealkylation sites (tertiary alicyclic amines) is 1. The van der Waals surface area contributed by atoms with E-state index in [1.54, 1.807) is 0 Å².